The molecular weight excluding hydrogens is 262 g/mol. The van der Waals surface area contributed by atoms with E-state index in [1.54, 1.807) is 14.2 Å². The van der Waals surface area contributed by atoms with Gasteiger partial charge in [-0.25, -0.2) is 0 Å². The number of rotatable bonds is 6. The minimum Gasteiger partial charge on any atom is -0.493 e. The number of ether oxygens (including phenoxy) is 2. The summed E-state index contributed by atoms with van der Waals surface area (Å²) in [4.78, 5) is 2.32. The second-order valence-electron chi connectivity index (χ2n) is 4.67. The largest absolute Gasteiger partial charge is 0.493 e. The summed E-state index contributed by atoms with van der Waals surface area (Å²) in [6, 6.07) is 15.4. The van der Waals surface area contributed by atoms with E-state index in [4.69, 9.17) is 9.47 Å². The molecule has 0 aliphatic carbocycles. The molecule has 0 unspecified atom stereocenters. The summed E-state index contributed by atoms with van der Waals surface area (Å²) in [5, 5.41) is 0. The fourth-order valence-electron chi connectivity index (χ4n) is 2.47. The van der Waals surface area contributed by atoms with Crippen LogP contribution in [0.4, 0.5) is 5.69 Å². The number of hydrogen-bond donors (Lipinski definition) is 0. The third-order valence-corrected chi connectivity index (χ3v) is 3.62. The SMILES string of the molecule is CCN(CC)c1ccc(-c2[c]ccc(OC)c2OC)cc1. The van der Waals surface area contributed by atoms with Crippen molar-refractivity contribution in [3.8, 4) is 22.6 Å². The Morgan fingerprint density at radius 1 is 0.952 bits per heavy atom. The van der Waals surface area contributed by atoms with Gasteiger partial charge in [-0.2, -0.15) is 0 Å². The van der Waals surface area contributed by atoms with Gasteiger partial charge in [0.15, 0.2) is 11.5 Å². The van der Waals surface area contributed by atoms with Crippen molar-refractivity contribution in [2.45, 2.75) is 13.8 Å². The van der Waals surface area contributed by atoms with Crippen molar-refractivity contribution < 1.29 is 9.47 Å². The lowest BCUT2D eigenvalue weighted by atomic mass is 10.0. The van der Waals surface area contributed by atoms with Crippen molar-refractivity contribution in [3.63, 3.8) is 0 Å². The molecule has 0 N–H and O–H groups in total. The predicted molar refractivity (Wildman–Crippen MR) is 87.4 cm³/mol. The van der Waals surface area contributed by atoms with Gasteiger partial charge in [0.05, 0.1) is 14.2 Å². The molecular formula is C18H22NO2. The number of anilines is 1. The Kier molecular flexibility index (Phi) is 5.09. The van der Waals surface area contributed by atoms with Crippen LogP contribution in [0.25, 0.3) is 11.1 Å². The monoisotopic (exact) mass is 284 g/mol. The quantitative estimate of drug-likeness (QED) is 0.799. The highest BCUT2D eigenvalue weighted by atomic mass is 16.5. The molecule has 111 valence electrons. The molecule has 0 aliphatic rings. The number of hydrogen-bond acceptors (Lipinski definition) is 3. The molecule has 0 bridgehead atoms. The normalized spacial score (nSPS) is 10.3. The third-order valence-electron chi connectivity index (χ3n) is 3.62. The summed E-state index contributed by atoms with van der Waals surface area (Å²) in [5.74, 6) is 1.44. The maximum atomic E-state index is 5.48. The molecule has 2 aromatic rings. The van der Waals surface area contributed by atoms with Gasteiger partial charge in [0.25, 0.3) is 0 Å². The first-order valence-corrected chi connectivity index (χ1v) is 7.23. The highest BCUT2D eigenvalue weighted by Gasteiger charge is 2.12. The Morgan fingerprint density at radius 2 is 1.62 bits per heavy atom. The first-order chi connectivity index (χ1) is 10.2. The van der Waals surface area contributed by atoms with Crippen LogP contribution in [0.5, 0.6) is 11.5 Å². The lowest BCUT2D eigenvalue weighted by Crippen LogP contribution is -2.21. The molecule has 2 aromatic carbocycles. The van der Waals surface area contributed by atoms with Gasteiger partial charge in [-0.05, 0) is 49.7 Å². The summed E-state index contributed by atoms with van der Waals surface area (Å²) < 4.78 is 10.8. The summed E-state index contributed by atoms with van der Waals surface area (Å²) >= 11 is 0. The van der Waals surface area contributed by atoms with Crippen molar-refractivity contribution in [3.05, 3.63) is 42.5 Å². The standard InChI is InChI=1S/C18H22NO2/c1-5-19(6-2)15-12-10-14(11-13-15)16-8-7-9-17(20-3)18(16)21-4/h7,9-13H,5-6H2,1-4H3. The molecule has 2 rings (SSSR count). The molecule has 3 heteroatoms. The van der Waals surface area contributed by atoms with Crippen LogP contribution in [0, 0.1) is 6.07 Å². The van der Waals surface area contributed by atoms with E-state index in [-0.39, 0.29) is 0 Å². The van der Waals surface area contributed by atoms with Gasteiger partial charge >= 0.3 is 0 Å². The van der Waals surface area contributed by atoms with E-state index in [0.29, 0.717) is 0 Å². The van der Waals surface area contributed by atoms with E-state index >= 15 is 0 Å². The minimum atomic E-state index is 0.718. The van der Waals surface area contributed by atoms with E-state index in [1.165, 1.54) is 5.69 Å². The molecule has 0 fully saturated rings. The zero-order valence-corrected chi connectivity index (χ0v) is 13.1. The number of benzene rings is 2. The summed E-state index contributed by atoms with van der Waals surface area (Å²) in [7, 11) is 3.30. The first kappa shape index (κ1) is 15.2. The Balaban J connectivity index is 2.39. The van der Waals surface area contributed by atoms with Crippen LogP contribution in [-0.4, -0.2) is 27.3 Å². The second-order valence-corrected chi connectivity index (χ2v) is 4.67. The van der Waals surface area contributed by atoms with Crippen LogP contribution in [0.2, 0.25) is 0 Å². The fraction of sp³-hybridized carbons (Fsp3) is 0.333. The van der Waals surface area contributed by atoms with E-state index < -0.39 is 0 Å². The molecule has 0 amide bonds. The molecule has 1 radical (unpaired) electrons. The van der Waals surface area contributed by atoms with Crippen LogP contribution in [-0.2, 0) is 0 Å². The molecule has 3 nitrogen and oxygen atoms in total. The lowest BCUT2D eigenvalue weighted by molar-refractivity contribution is 0.356. The summed E-state index contributed by atoms with van der Waals surface area (Å²) in [6.45, 7) is 6.33. The lowest BCUT2D eigenvalue weighted by Gasteiger charge is -2.21. The van der Waals surface area contributed by atoms with Crippen molar-refractivity contribution in [1.82, 2.24) is 0 Å². The van der Waals surface area contributed by atoms with Gasteiger partial charge in [-0.3, -0.25) is 0 Å². The maximum absolute atomic E-state index is 5.48. The molecule has 0 spiro atoms. The van der Waals surface area contributed by atoms with Crippen LogP contribution in [0.15, 0.2) is 36.4 Å². The zero-order valence-electron chi connectivity index (χ0n) is 13.1. The van der Waals surface area contributed by atoms with Crippen molar-refractivity contribution in [2.75, 3.05) is 32.2 Å². The summed E-state index contributed by atoms with van der Waals surface area (Å²) in [5.41, 5.74) is 3.22. The van der Waals surface area contributed by atoms with E-state index in [9.17, 15) is 0 Å². The van der Waals surface area contributed by atoms with Gasteiger partial charge in [-0.1, -0.05) is 12.1 Å². The second kappa shape index (κ2) is 7.02. The first-order valence-electron chi connectivity index (χ1n) is 7.23. The zero-order chi connectivity index (χ0) is 15.2. The number of methoxy groups -OCH3 is 2. The van der Waals surface area contributed by atoms with Gasteiger partial charge in [0, 0.05) is 24.3 Å². The highest BCUT2D eigenvalue weighted by molar-refractivity contribution is 5.74. The molecule has 0 saturated heterocycles. The summed E-state index contributed by atoms with van der Waals surface area (Å²) in [6.07, 6.45) is 0. The Hall–Kier alpha value is -2.16. The Morgan fingerprint density at radius 3 is 2.14 bits per heavy atom. The molecule has 0 saturated carbocycles. The van der Waals surface area contributed by atoms with Crippen molar-refractivity contribution in [1.29, 1.82) is 0 Å². The maximum Gasteiger partial charge on any atom is 0.169 e. The molecule has 0 aromatic heterocycles. The highest BCUT2D eigenvalue weighted by Crippen LogP contribution is 2.37. The van der Waals surface area contributed by atoms with E-state index in [2.05, 4.69) is 49.1 Å². The average molecular weight is 284 g/mol. The van der Waals surface area contributed by atoms with Gasteiger partial charge < -0.3 is 14.4 Å². The Bertz CT molecular complexity index is 574. The number of nitrogens with zero attached hydrogens (tertiary/aromatic N) is 1. The van der Waals surface area contributed by atoms with Gasteiger partial charge in [-0.15, -0.1) is 0 Å². The van der Waals surface area contributed by atoms with Gasteiger partial charge in [0.2, 0.25) is 0 Å². The third kappa shape index (κ3) is 3.13. The molecule has 21 heavy (non-hydrogen) atoms. The molecule has 0 heterocycles. The smallest absolute Gasteiger partial charge is 0.169 e. The van der Waals surface area contributed by atoms with Crippen LogP contribution in [0.3, 0.4) is 0 Å². The molecule has 0 atom stereocenters. The minimum absolute atomic E-state index is 0.718. The van der Waals surface area contributed by atoms with Crippen LogP contribution in [0.1, 0.15) is 13.8 Å². The average Bonchev–Trinajstić information content (AvgIpc) is 2.55. The van der Waals surface area contributed by atoms with Crippen molar-refractivity contribution in [2.24, 2.45) is 0 Å². The van der Waals surface area contributed by atoms with Gasteiger partial charge in [0.1, 0.15) is 0 Å². The van der Waals surface area contributed by atoms with Crippen LogP contribution >= 0.6 is 0 Å². The van der Waals surface area contributed by atoms with Crippen molar-refractivity contribution >= 4 is 5.69 Å². The van der Waals surface area contributed by atoms with E-state index in [1.807, 2.05) is 12.1 Å². The van der Waals surface area contributed by atoms with E-state index in [0.717, 1.165) is 35.7 Å². The predicted octanol–water partition coefficient (Wildman–Crippen LogP) is 4.02. The fourth-order valence-corrected chi connectivity index (χ4v) is 2.47. The van der Waals surface area contributed by atoms with Crippen LogP contribution < -0.4 is 14.4 Å². The Labute approximate surface area is 127 Å². The topological polar surface area (TPSA) is 21.7 Å². The molecule has 0 aliphatic heterocycles.